The van der Waals surface area contributed by atoms with Crippen LogP contribution < -0.4 is 0 Å². The van der Waals surface area contributed by atoms with Gasteiger partial charge in [-0.1, -0.05) is 42.7 Å². The standard InChI is InChI=1S/C14H22O2/c1-13-6-8-14(9-7-13)12-16-11-5-3-2-4-10-15/h6-9,15H,2-5,10-12H2,1H3. The Morgan fingerprint density at radius 3 is 2.38 bits per heavy atom. The van der Waals surface area contributed by atoms with Gasteiger partial charge in [0.2, 0.25) is 0 Å². The molecule has 1 aromatic rings. The third-order valence-corrected chi connectivity index (χ3v) is 2.59. The number of ether oxygens (including phenoxy) is 1. The largest absolute Gasteiger partial charge is 0.396 e. The van der Waals surface area contributed by atoms with Crippen molar-refractivity contribution in [3.63, 3.8) is 0 Å². The van der Waals surface area contributed by atoms with Crippen molar-refractivity contribution >= 4 is 0 Å². The first-order valence-electron chi connectivity index (χ1n) is 6.07. The van der Waals surface area contributed by atoms with Crippen LogP contribution in [0, 0.1) is 6.92 Å². The number of unbranched alkanes of at least 4 members (excludes halogenated alkanes) is 3. The average molecular weight is 222 g/mol. The van der Waals surface area contributed by atoms with Crippen molar-refractivity contribution in [2.45, 2.75) is 39.2 Å². The minimum Gasteiger partial charge on any atom is -0.396 e. The molecule has 0 saturated carbocycles. The van der Waals surface area contributed by atoms with Crippen molar-refractivity contribution < 1.29 is 9.84 Å². The Hall–Kier alpha value is -0.860. The Morgan fingerprint density at radius 1 is 1.00 bits per heavy atom. The van der Waals surface area contributed by atoms with Crippen LogP contribution >= 0.6 is 0 Å². The summed E-state index contributed by atoms with van der Waals surface area (Å²) < 4.78 is 5.58. The first-order chi connectivity index (χ1) is 7.83. The Bertz CT molecular complexity index is 267. The van der Waals surface area contributed by atoms with Gasteiger partial charge in [0.1, 0.15) is 0 Å². The van der Waals surface area contributed by atoms with Crippen LogP contribution in [0.4, 0.5) is 0 Å². The van der Waals surface area contributed by atoms with Crippen LogP contribution in [-0.4, -0.2) is 18.3 Å². The van der Waals surface area contributed by atoms with Crippen molar-refractivity contribution in [2.24, 2.45) is 0 Å². The number of benzene rings is 1. The van der Waals surface area contributed by atoms with Gasteiger partial charge < -0.3 is 9.84 Å². The molecule has 0 aromatic heterocycles. The van der Waals surface area contributed by atoms with Crippen LogP contribution in [0.15, 0.2) is 24.3 Å². The summed E-state index contributed by atoms with van der Waals surface area (Å²) in [5.74, 6) is 0. The lowest BCUT2D eigenvalue weighted by molar-refractivity contribution is 0.116. The summed E-state index contributed by atoms with van der Waals surface area (Å²) >= 11 is 0. The van der Waals surface area contributed by atoms with E-state index >= 15 is 0 Å². The van der Waals surface area contributed by atoms with Gasteiger partial charge in [-0.05, 0) is 25.3 Å². The van der Waals surface area contributed by atoms with E-state index in [4.69, 9.17) is 9.84 Å². The Morgan fingerprint density at radius 2 is 1.69 bits per heavy atom. The molecule has 1 aromatic carbocycles. The number of hydrogen-bond donors (Lipinski definition) is 1. The molecule has 0 spiro atoms. The van der Waals surface area contributed by atoms with Crippen LogP contribution in [0.3, 0.4) is 0 Å². The van der Waals surface area contributed by atoms with Gasteiger partial charge >= 0.3 is 0 Å². The summed E-state index contributed by atoms with van der Waals surface area (Å²) in [6.45, 7) is 3.93. The fraction of sp³-hybridized carbons (Fsp3) is 0.571. The molecule has 2 heteroatoms. The smallest absolute Gasteiger partial charge is 0.0716 e. The van der Waals surface area contributed by atoms with Crippen LogP contribution in [0.1, 0.15) is 36.8 Å². The quantitative estimate of drug-likeness (QED) is 0.685. The first kappa shape index (κ1) is 13.2. The summed E-state index contributed by atoms with van der Waals surface area (Å²) in [5, 5.41) is 8.61. The van der Waals surface area contributed by atoms with Crippen LogP contribution in [0.2, 0.25) is 0 Å². The molecule has 0 aliphatic heterocycles. The van der Waals surface area contributed by atoms with Gasteiger partial charge in [0.05, 0.1) is 6.61 Å². The molecule has 0 aliphatic rings. The van der Waals surface area contributed by atoms with Gasteiger partial charge in [-0.3, -0.25) is 0 Å². The van der Waals surface area contributed by atoms with E-state index in [2.05, 4.69) is 31.2 Å². The molecule has 0 amide bonds. The van der Waals surface area contributed by atoms with E-state index in [1.165, 1.54) is 11.1 Å². The van der Waals surface area contributed by atoms with Gasteiger partial charge in [-0.2, -0.15) is 0 Å². The highest BCUT2D eigenvalue weighted by Crippen LogP contribution is 2.05. The van der Waals surface area contributed by atoms with Crippen molar-refractivity contribution in [3.05, 3.63) is 35.4 Å². The van der Waals surface area contributed by atoms with Crippen LogP contribution in [0.5, 0.6) is 0 Å². The zero-order chi connectivity index (χ0) is 11.6. The SMILES string of the molecule is Cc1ccc(COCCCCCCO)cc1. The molecule has 0 saturated heterocycles. The van der Waals surface area contributed by atoms with Crippen molar-refractivity contribution in [3.8, 4) is 0 Å². The maximum absolute atomic E-state index is 8.61. The maximum atomic E-state index is 8.61. The topological polar surface area (TPSA) is 29.5 Å². The van der Waals surface area contributed by atoms with E-state index in [9.17, 15) is 0 Å². The normalized spacial score (nSPS) is 10.6. The fourth-order valence-corrected chi connectivity index (χ4v) is 1.54. The van der Waals surface area contributed by atoms with Gasteiger partial charge in [-0.15, -0.1) is 0 Å². The summed E-state index contributed by atoms with van der Waals surface area (Å²) in [6, 6.07) is 8.45. The summed E-state index contributed by atoms with van der Waals surface area (Å²) in [6.07, 6.45) is 4.25. The fourth-order valence-electron chi connectivity index (χ4n) is 1.54. The van der Waals surface area contributed by atoms with E-state index in [0.29, 0.717) is 13.2 Å². The van der Waals surface area contributed by atoms with Gasteiger partial charge in [0.15, 0.2) is 0 Å². The zero-order valence-electron chi connectivity index (χ0n) is 10.1. The molecule has 0 atom stereocenters. The lowest BCUT2D eigenvalue weighted by Crippen LogP contribution is -1.96. The number of aryl methyl sites for hydroxylation is 1. The molecule has 0 heterocycles. The third kappa shape index (κ3) is 5.89. The Labute approximate surface area is 98.3 Å². The third-order valence-electron chi connectivity index (χ3n) is 2.59. The molecule has 0 radical (unpaired) electrons. The summed E-state index contributed by atoms with van der Waals surface area (Å²) in [4.78, 5) is 0. The molecule has 90 valence electrons. The van der Waals surface area contributed by atoms with Crippen LogP contribution in [-0.2, 0) is 11.3 Å². The lowest BCUT2D eigenvalue weighted by Gasteiger charge is -2.04. The molecule has 16 heavy (non-hydrogen) atoms. The second kappa shape index (κ2) is 8.31. The predicted octanol–water partition coefficient (Wildman–Crippen LogP) is 3.06. The second-order valence-electron chi connectivity index (χ2n) is 4.18. The minimum absolute atomic E-state index is 0.310. The van der Waals surface area contributed by atoms with E-state index in [1.54, 1.807) is 0 Å². The number of aliphatic hydroxyl groups is 1. The molecule has 2 nitrogen and oxygen atoms in total. The number of aliphatic hydroxyl groups excluding tert-OH is 1. The predicted molar refractivity (Wildman–Crippen MR) is 66.4 cm³/mol. The van der Waals surface area contributed by atoms with Gasteiger partial charge in [0, 0.05) is 13.2 Å². The van der Waals surface area contributed by atoms with E-state index in [0.717, 1.165) is 32.3 Å². The monoisotopic (exact) mass is 222 g/mol. The average Bonchev–Trinajstić information content (AvgIpc) is 2.30. The van der Waals surface area contributed by atoms with Crippen LogP contribution in [0.25, 0.3) is 0 Å². The molecule has 0 bridgehead atoms. The molecule has 1 N–H and O–H groups in total. The van der Waals surface area contributed by atoms with Gasteiger partial charge in [0.25, 0.3) is 0 Å². The van der Waals surface area contributed by atoms with Gasteiger partial charge in [-0.25, -0.2) is 0 Å². The second-order valence-corrected chi connectivity index (χ2v) is 4.18. The minimum atomic E-state index is 0.310. The van der Waals surface area contributed by atoms with E-state index < -0.39 is 0 Å². The highest BCUT2D eigenvalue weighted by molar-refractivity contribution is 5.20. The Kier molecular flexibility index (Phi) is 6.86. The Balaban J connectivity index is 2.01. The number of rotatable bonds is 8. The molecular formula is C14H22O2. The molecule has 0 fully saturated rings. The van der Waals surface area contributed by atoms with E-state index in [1.807, 2.05) is 0 Å². The van der Waals surface area contributed by atoms with Crippen molar-refractivity contribution in [2.75, 3.05) is 13.2 Å². The highest BCUT2D eigenvalue weighted by Gasteiger charge is 1.93. The molecule has 0 aliphatic carbocycles. The highest BCUT2D eigenvalue weighted by atomic mass is 16.5. The van der Waals surface area contributed by atoms with E-state index in [-0.39, 0.29) is 0 Å². The lowest BCUT2D eigenvalue weighted by atomic mass is 10.2. The van der Waals surface area contributed by atoms with Crippen molar-refractivity contribution in [1.29, 1.82) is 0 Å². The first-order valence-corrected chi connectivity index (χ1v) is 6.07. The zero-order valence-corrected chi connectivity index (χ0v) is 10.1. The summed E-state index contributed by atoms with van der Waals surface area (Å²) in [7, 11) is 0. The maximum Gasteiger partial charge on any atom is 0.0716 e. The number of hydrogen-bond acceptors (Lipinski definition) is 2. The van der Waals surface area contributed by atoms with Crippen molar-refractivity contribution in [1.82, 2.24) is 0 Å². The molecule has 1 rings (SSSR count). The molecule has 0 unspecified atom stereocenters. The molecular weight excluding hydrogens is 200 g/mol. The summed E-state index contributed by atoms with van der Waals surface area (Å²) in [5.41, 5.74) is 2.52.